The van der Waals surface area contributed by atoms with Gasteiger partial charge in [-0.05, 0) is 49.7 Å². The van der Waals surface area contributed by atoms with Gasteiger partial charge in [-0.3, -0.25) is 9.48 Å². The summed E-state index contributed by atoms with van der Waals surface area (Å²) in [6.45, 7) is 6.64. The fourth-order valence-electron chi connectivity index (χ4n) is 4.88. The van der Waals surface area contributed by atoms with Crippen LogP contribution in [0.2, 0.25) is 0 Å². The van der Waals surface area contributed by atoms with E-state index in [1.165, 1.54) is 11.1 Å². The molecule has 2 aliphatic rings. The van der Waals surface area contributed by atoms with Gasteiger partial charge in [0, 0.05) is 51.9 Å². The highest BCUT2D eigenvalue weighted by Crippen LogP contribution is 2.27. The minimum absolute atomic E-state index is 0.140. The predicted molar refractivity (Wildman–Crippen MR) is 128 cm³/mol. The van der Waals surface area contributed by atoms with E-state index in [1.54, 1.807) is 0 Å². The van der Waals surface area contributed by atoms with Crippen molar-refractivity contribution in [2.45, 2.75) is 38.5 Å². The molecular weight excluding hydrogens is 400 g/mol. The molecule has 7 nitrogen and oxygen atoms in total. The van der Waals surface area contributed by atoms with Crippen LogP contribution in [-0.4, -0.2) is 70.7 Å². The monoisotopic (exact) mass is 436 g/mol. The second-order valence-electron chi connectivity index (χ2n) is 9.06. The number of nitrogens with one attached hydrogen (secondary N) is 1. The third-order valence-electron chi connectivity index (χ3n) is 6.72. The summed E-state index contributed by atoms with van der Waals surface area (Å²) >= 11 is 0. The maximum atomic E-state index is 12.8. The van der Waals surface area contributed by atoms with Crippen molar-refractivity contribution in [3.8, 4) is 0 Å². The summed E-state index contributed by atoms with van der Waals surface area (Å²) < 4.78 is 1.86. The molecule has 2 saturated heterocycles. The summed E-state index contributed by atoms with van der Waals surface area (Å²) in [5.41, 5.74) is 2.67. The molecule has 0 bridgehead atoms. The number of hydrogen-bond acceptors (Lipinski definition) is 3. The number of guanidine groups is 1. The van der Waals surface area contributed by atoms with Crippen LogP contribution in [0.1, 0.15) is 43.2 Å². The molecule has 1 aromatic heterocycles. The molecule has 172 valence electrons. The highest BCUT2D eigenvalue weighted by atomic mass is 16.2. The molecule has 1 atom stereocenters. The Labute approximate surface area is 191 Å². The predicted octanol–water partition coefficient (Wildman–Crippen LogP) is 2.66. The van der Waals surface area contributed by atoms with Gasteiger partial charge < -0.3 is 15.1 Å². The SMILES string of the molecule is CCNC(=NCC(=O)N1CCC(Cc2ccccc2)CC1)N1CCC(c2cnn(C)c2)C1. The third-order valence-corrected chi connectivity index (χ3v) is 6.72. The summed E-state index contributed by atoms with van der Waals surface area (Å²) in [5, 5.41) is 7.69. The first-order valence-electron chi connectivity index (χ1n) is 12.0. The Morgan fingerprint density at radius 2 is 1.88 bits per heavy atom. The zero-order valence-corrected chi connectivity index (χ0v) is 19.4. The van der Waals surface area contributed by atoms with Gasteiger partial charge in [-0.1, -0.05) is 30.3 Å². The maximum absolute atomic E-state index is 12.8. The Kier molecular flexibility index (Phi) is 7.45. The molecule has 0 spiro atoms. The van der Waals surface area contributed by atoms with Crippen molar-refractivity contribution in [1.82, 2.24) is 24.9 Å². The largest absolute Gasteiger partial charge is 0.357 e. The number of carbonyl (C=O) groups excluding carboxylic acids is 1. The summed E-state index contributed by atoms with van der Waals surface area (Å²) in [5.74, 6) is 2.12. The van der Waals surface area contributed by atoms with Crippen molar-refractivity contribution in [1.29, 1.82) is 0 Å². The Morgan fingerprint density at radius 3 is 2.56 bits per heavy atom. The smallest absolute Gasteiger partial charge is 0.244 e. The molecule has 32 heavy (non-hydrogen) atoms. The van der Waals surface area contributed by atoms with Crippen LogP contribution in [-0.2, 0) is 18.3 Å². The van der Waals surface area contributed by atoms with Crippen molar-refractivity contribution in [3.63, 3.8) is 0 Å². The minimum atomic E-state index is 0.140. The fraction of sp³-hybridized carbons (Fsp3) is 0.560. The number of carbonyl (C=O) groups is 1. The normalized spacial score (nSPS) is 20.1. The zero-order valence-electron chi connectivity index (χ0n) is 19.4. The molecular formula is C25H36N6O. The van der Waals surface area contributed by atoms with Gasteiger partial charge in [-0.25, -0.2) is 4.99 Å². The zero-order chi connectivity index (χ0) is 22.3. The highest BCUT2D eigenvalue weighted by Gasteiger charge is 2.28. The van der Waals surface area contributed by atoms with Crippen LogP contribution in [0.3, 0.4) is 0 Å². The molecule has 1 unspecified atom stereocenters. The second-order valence-corrected chi connectivity index (χ2v) is 9.06. The van der Waals surface area contributed by atoms with Crippen LogP contribution in [0.4, 0.5) is 0 Å². The van der Waals surface area contributed by atoms with Crippen LogP contribution in [0.25, 0.3) is 0 Å². The maximum Gasteiger partial charge on any atom is 0.244 e. The van der Waals surface area contributed by atoms with E-state index in [0.29, 0.717) is 11.8 Å². The summed E-state index contributed by atoms with van der Waals surface area (Å²) in [7, 11) is 1.96. The lowest BCUT2D eigenvalue weighted by molar-refractivity contribution is -0.131. The molecule has 0 radical (unpaired) electrons. The molecule has 7 heteroatoms. The van der Waals surface area contributed by atoms with E-state index >= 15 is 0 Å². The number of nitrogens with zero attached hydrogens (tertiary/aromatic N) is 5. The van der Waals surface area contributed by atoms with Crippen LogP contribution in [0, 0.1) is 5.92 Å². The number of aromatic nitrogens is 2. The Morgan fingerprint density at radius 1 is 1.12 bits per heavy atom. The Bertz CT molecular complexity index is 900. The first kappa shape index (κ1) is 22.4. The van der Waals surface area contributed by atoms with Gasteiger partial charge >= 0.3 is 0 Å². The molecule has 1 amide bonds. The lowest BCUT2D eigenvalue weighted by atomic mass is 9.90. The molecule has 0 saturated carbocycles. The summed E-state index contributed by atoms with van der Waals surface area (Å²) in [4.78, 5) is 21.8. The lowest BCUT2D eigenvalue weighted by Gasteiger charge is -2.32. The molecule has 0 aliphatic carbocycles. The van der Waals surface area contributed by atoms with Crippen molar-refractivity contribution >= 4 is 11.9 Å². The van der Waals surface area contributed by atoms with Gasteiger partial charge in [-0.15, -0.1) is 0 Å². The van der Waals surface area contributed by atoms with Crippen molar-refractivity contribution in [2.75, 3.05) is 39.3 Å². The first-order valence-corrected chi connectivity index (χ1v) is 12.0. The van der Waals surface area contributed by atoms with Crippen molar-refractivity contribution < 1.29 is 4.79 Å². The second kappa shape index (κ2) is 10.7. The van der Waals surface area contributed by atoms with E-state index in [1.807, 2.05) is 22.8 Å². The molecule has 2 aromatic rings. The van der Waals surface area contributed by atoms with E-state index in [2.05, 4.69) is 58.8 Å². The van der Waals surface area contributed by atoms with Gasteiger partial charge in [-0.2, -0.15) is 5.10 Å². The molecule has 4 rings (SSSR count). The summed E-state index contributed by atoms with van der Waals surface area (Å²) in [6.07, 6.45) is 8.40. The number of piperidine rings is 1. The van der Waals surface area contributed by atoms with Gasteiger partial charge in [0.05, 0.1) is 6.20 Å². The van der Waals surface area contributed by atoms with E-state index in [9.17, 15) is 4.79 Å². The number of amides is 1. The molecule has 2 aliphatic heterocycles. The van der Waals surface area contributed by atoms with Gasteiger partial charge in [0.25, 0.3) is 0 Å². The third kappa shape index (κ3) is 5.69. The van der Waals surface area contributed by atoms with Crippen LogP contribution in [0.5, 0.6) is 0 Å². The average Bonchev–Trinajstić information content (AvgIpc) is 3.47. The van der Waals surface area contributed by atoms with Crippen LogP contribution < -0.4 is 5.32 Å². The average molecular weight is 437 g/mol. The molecule has 3 heterocycles. The van der Waals surface area contributed by atoms with Crippen molar-refractivity contribution in [3.05, 3.63) is 53.9 Å². The number of rotatable bonds is 6. The fourth-order valence-corrected chi connectivity index (χ4v) is 4.88. The Hall–Kier alpha value is -2.83. The standard InChI is InChI=1S/C25H36N6O/c1-3-26-25(31-14-11-22(19-31)23-16-28-29(2)18-23)27-17-24(32)30-12-9-21(10-13-30)15-20-7-5-4-6-8-20/h4-8,16,18,21-22H,3,9-15,17,19H2,1-2H3,(H,26,27). The number of likely N-dealkylation sites (tertiary alicyclic amines) is 2. The van der Waals surface area contributed by atoms with Crippen LogP contribution in [0.15, 0.2) is 47.7 Å². The van der Waals surface area contributed by atoms with Crippen LogP contribution >= 0.6 is 0 Å². The lowest BCUT2D eigenvalue weighted by Crippen LogP contribution is -2.43. The van der Waals surface area contributed by atoms with Crippen molar-refractivity contribution in [2.24, 2.45) is 18.0 Å². The number of benzene rings is 1. The quantitative estimate of drug-likeness (QED) is 0.559. The van der Waals surface area contributed by atoms with E-state index in [4.69, 9.17) is 4.99 Å². The minimum Gasteiger partial charge on any atom is -0.357 e. The Balaban J connectivity index is 1.27. The summed E-state index contributed by atoms with van der Waals surface area (Å²) in [6, 6.07) is 10.7. The number of aryl methyl sites for hydroxylation is 1. The molecule has 2 fully saturated rings. The number of aliphatic imine (C=N–C) groups is 1. The van der Waals surface area contributed by atoms with E-state index < -0.39 is 0 Å². The van der Waals surface area contributed by atoms with Gasteiger partial charge in [0.1, 0.15) is 6.54 Å². The number of hydrogen-bond donors (Lipinski definition) is 1. The van der Waals surface area contributed by atoms with Gasteiger partial charge in [0.15, 0.2) is 5.96 Å². The topological polar surface area (TPSA) is 65.8 Å². The first-order chi connectivity index (χ1) is 15.6. The van der Waals surface area contributed by atoms with Gasteiger partial charge in [0.2, 0.25) is 5.91 Å². The highest BCUT2D eigenvalue weighted by molar-refractivity contribution is 5.85. The van der Waals surface area contributed by atoms with E-state index in [0.717, 1.165) is 64.4 Å². The van der Waals surface area contributed by atoms with E-state index in [-0.39, 0.29) is 12.5 Å². The molecule has 1 aromatic carbocycles. The molecule has 1 N–H and O–H groups in total.